The quantitative estimate of drug-likeness (QED) is 0.561. The molecule has 0 aliphatic rings. The third kappa shape index (κ3) is 2.69. The Morgan fingerprint density at radius 3 is 2.15 bits per heavy atom. The van der Waals surface area contributed by atoms with Crippen LogP contribution in [0.5, 0.6) is 0 Å². The smallest absolute Gasteiger partial charge is 0.0285 e. The molecule has 1 aromatic rings. The highest BCUT2D eigenvalue weighted by atomic mass is 127. The Morgan fingerprint density at radius 1 is 1.08 bits per heavy atom. The lowest BCUT2D eigenvalue weighted by Gasteiger charge is -2.09. The molecule has 0 bridgehead atoms. The first kappa shape index (κ1) is 11.5. The van der Waals surface area contributed by atoms with E-state index in [2.05, 4.69) is 64.5 Å². The zero-order valence-corrected chi connectivity index (χ0v) is 11.8. The molecule has 1 aromatic carbocycles. The maximum atomic E-state index is 3.53. The third-order valence-electron chi connectivity index (χ3n) is 2.27. The minimum Gasteiger partial charge on any atom is -0.0876 e. The fourth-order valence-electron chi connectivity index (χ4n) is 1.43. The summed E-state index contributed by atoms with van der Waals surface area (Å²) in [4.78, 5) is 0. The Kier molecular flexibility index (Phi) is 4.73. The second-order valence-corrected chi connectivity index (χ2v) is 4.78. The molecule has 0 fully saturated rings. The van der Waals surface area contributed by atoms with Gasteiger partial charge in [0.1, 0.15) is 0 Å². The first-order valence-corrected chi connectivity index (χ1v) is 6.79. The van der Waals surface area contributed by atoms with Crippen molar-refractivity contribution < 1.29 is 0 Å². The fraction of sp³-hybridized carbons (Fsp3) is 0.455. The van der Waals surface area contributed by atoms with Crippen LogP contribution in [-0.2, 0) is 18.2 Å². The van der Waals surface area contributed by atoms with Crippen LogP contribution in [0.25, 0.3) is 0 Å². The van der Waals surface area contributed by atoms with Gasteiger partial charge in [0, 0.05) is 8.90 Å². The van der Waals surface area contributed by atoms with Crippen molar-refractivity contribution in [2.45, 2.75) is 32.0 Å². The van der Waals surface area contributed by atoms with Crippen molar-refractivity contribution in [2.24, 2.45) is 0 Å². The van der Waals surface area contributed by atoms with E-state index in [0.717, 1.165) is 18.2 Å². The molecule has 0 heterocycles. The van der Waals surface area contributed by atoms with Crippen molar-refractivity contribution in [1.29, 1.82) is 0 Å². The monoisotopic (exact) mass is 352 g/mol. The molecule has 0 aromatic heterocycles. The molecule has 0 aliphatic carbocycles. The van der Waals surface area contributed by atoms with Gasteiger partial charge in [0.15, 0.2) is 0 Å². The third-order valence-corrected chi connectivity index (χ3v) is 3.88. The summed E-state index contributed by atoms with van der Waals surface area (Å²) in [5, 5.41) is 0.972. The number of rotatable bonds is 3. The predicted octanol–water partition coefficient (Wildman–Crippen LogP) is 4.31. The molecule has 0 N–H and O–H groups in total. The summed E-state index contributed by atoms with van der Waals surface area (Å²) in [6.45, 7) is 4.42. The van der Waals surface area contributed by atoms with Crippen molar-refractivity contribution in [1.82, 2.24) is 0 Å². The number of alkyl halides is 1. The molecular formula is C11H14BrI. The maximum Gasteiger partial charge on any atom is 0.0285 e. The zero-order valence-electron chi connectivity index (χ0n) is 8.03. The summed E-state index contributed by atoms with van der Waals surface area (Å²) in [6.07, 6.45) is 2.25. The summed E-state index contributed by atoms with van der Waals surface area (Å²) in [7, 11) is 0. The molecule has 0 amide bonds. The number of halogens is 2. The molecule has 0 nitrogen and oxygen atoms in total. The number of hydrogen-bond acceptors (Lipinski definition) is 0. The van der Waals surface area contributed by atoms with Gasteiger partial charge < -0.3 is 0 Å². The average molecular weight is 353 g/mol. The normalized spacial score (nSPS) is 10.5. The lowest BCUT2D eigenvalue weighted by atomic mass is 10.0. The molecule has 0 unspecified atom stereocenters. The van der Waals surface area contributed by atoms with Crippen LogP contribution in [0, 0.1) is 3.57 Å². The molecule has 2 heteroatoms. The van der Waals surface area contributed by atoms with Gasteiger partial charge in [-0.25, -0.2) is 0 Å². The number of benzene rings is 1. The lowest BCUT2D eigenvalue weighted by molar-refractivity contribution is 1.06. The van der Waals surface area contributed by atoms with Crippen LogP contribution < -0.4 is 0 Å². The summed E-state index contributed by atoms with van der Waals surface area (Å²) in [5.74, 6) is 0. The van der Waals surface area contributed by atoms with Gasteiger partial charge in [-0.3, -0.25) is 0 Å². The topological polar surface area (TPSA) is 0 Å². The van der Waals surface area contributed by atoms with E-state index in [4.69, 9.17) is 0 Å². The van der Waals surface area contributed by atoms with Gasteiger partial charge in [-0.05, 0) is 58.2 Å². The summed E-state index contributed by atoms with van der Waals surface area (Å²) in [5.41, 5.74) is 4.38. The Bertz CT molecular complexity index is 294. The van der Waals surface area contributed by atoms with Crippen molar-refractivity contribution in [2.75, 3.05) is 0 Å². The summed E-state index contributed by atoms with van der Waals surface area (Å²) in [6, 6.07) is 4.64. The molecule has 13 heavy (non-hydrogen) atoms. The predicted molar refractivity (Wildman–Crippen MR) is 70.5 cm³/mol. The minimum absolute atomic E-state index is 0.972. The summed E-state index contributed by atoms with van der Waals surface area (Å²) < 4.78 is 1.40. The highest BCUT2D eigenvalue weighted by Gasteiger charge is 2.04. The van der Waals surface area contributed by atoms with Crippen molar-refractivity contribution in [3.05, 3.63) is 32.4 Å². The fourth-order valence-corrected chi connectivity index (χ4v) is 2.87. The van der Waals surface area contributed by atoms with Crippen LogP contribution in [-0.4, -0.2) is 0 Å². The van der Waals surface area contributed by atoms with E-state index in [0.29, 0.717) is 0 Å². The Balaban J connectivity index is 3.18. The van der Waals surface area contributed by atoms with Gasteiger partial charge in [-0.2, -0.15) is 0 Å². The van der Waals surface area contributed by atoms with Crippen LogP contribution in [0.4, 0.5) is 0 Å². The molecule has 0 aliphatic heterocycles. The van der Waals surface area contributed by atoms with Gasteiger partial charge in [0.05, 0.1) is 0 Å². The Morgan fingerprint density at radius 2 is 1.69 bits per heavy atom. The van der Waals surface area contributed by atoms with Crippen LogP contribution >= 0.6 is 38.5 Å². The SMILES string of the molecule is CCc1cc(CBr)c(CC)cc1I. The minimum atomic E-state index is 0.972. The van der Waals surface area contributed by atoms with E-state index in [-0.39, 0.29) is 0 Å². The van der Waals surface area contributed by atoms with Gasteiger partial charge >= 0.3 is 0 Å². The molecule has 0 atom stereocenters. The van der Waals surface area contributed by atoms with Crippen molar-refractivity contribution >= 4 is 38.5 Å². The average Bonchev–Trinajstić information content (AvgIpc) is 2.17. The molecule has 0 radical (unpaired) electrons. The molecule has 72 valence electrons. The van der Waals surface area contributed by atoms with E-state index in [1.165, 1.54) is 20.3 Å². The number of hydrogen-bond donors (Lipinski definition) is 0. The van der Waals surface area contributed by atoms with Gasteiger partial charge in [-0.15, -0.1) is 0 Å². The molecule has 0 saturated heterocycles. The zero-order chi connectivity index (χ0) is 9.84. The highest BCUT2D eigenvalue weighted by Crippen LogP contribution is 2.21. The van der Waals surface area contributed by atoms with Crippen molar-refractivity contribution in [3.8, 4) is 0 Å². The van der Waals surface area contributed by atoms with Gasteiger partial charge in [0.2, 0.25) is 0 Å². The maximum absolute atomic E-state index is 3.53. The van der Waals surface area contributed by atoms with E-state index in [9.17, 15) is 0 Å². The van der Waals surface area contributed by atoms with E-state index in [1.807, 2.05) is 0 Å². The van der Waals surface area contributed by atoms with Crippen LogP contribution in [0.3, 0.4) is 0 Å². The van der Waals surface area contributed by atoms with Crippen molar-refractivity contribution in [3.63, 3.8) is 0 Å². The second-order valence-electron chi connectivity index (χ2n) is 3.05. The largest absolute Gasteiger partial charge is 0.0876 e. The molecule has 1 rings (SSSR count). The van der Waals surface area contributed by atoms with Crippen LogP contribution in [0.1, 0.15) is 30.5 Å². The first-order valence-electron chi connectivity index (χ1n) is 4.59. The molecular weight excluding hydrogens is 339 g/mol. The Labute approximate surface area is 102 Å². The second kappa shape index (κ2) is 5.35. The lowest BCUT2D eigenvalue weighted by Crippen LogP contribution is -1.95. The van der Waals surface area contributed by atoms with E-state index in [1.54, 1.807) is 0 Å². The first-order chi connectivity index (χ1) is 6.22. The van der Waals surface area contributed by atoms with E-state index < -0.39 is 0 Å². The number of aryl methyl sites for hydroxylation is 2. The van der Waals surface area contributed by atoms with Gasteiger partial charge in [0.25, 0.3) is 0 Å². The van der Waals surface area contributed by atoms with Crippen LogP contribution in [0.2, 0.25) is 0 Å². The standard InChI is InChI=1S/C11H14BrI/c1-3-8-6-11(13)9(4-2)5-10(8)7-12/h5-6H,3-4,7H2,1-2H3. The van der Waals surface area contributed by atoms with Gasteiger partial charge in [-0.1, -0.05) is 35.8 Å². The summed E-state index contributed by atoms with van der Waals surface area (Å²) >= 11 is 5.96. The highest BCUT2D eigenvalue weighted by molar-refractivity contribution is 14.1. The Hall–Kier alpha value is 0.430. The molecule has 0 spiro atoms. The van der Waals surface area contributed by atoms with Crippen LogP contribution in [0.15, 0.2) is 12.1 Å². The molecule has 0 saturated carbocycles. The van der Waals surface area contributed by atoms with E-state index >= 15 is 0 Å².